The minimum absolute atomic E-state index is 0.0931. The first-order valence-corrected chi connectivity index (χ1v) is 8.16. The van der Waals surface area contributed by atoms with Gasteiger partial charge in [-0.25, -0.2) is 9.07 Å². The lowest BCUT2D eigenvalue weighted by molar-refractivity contribution is -0.121. The summed E-state index contributed by atoms with van der Waals surface area (Å²) in [4.78, 5) is 12.5. The molecule has 130 valence electrons. The van der Waals surface area contributed by atoms with Crippen LogP contribution in [-0.4, -0.2) is 38.6 Å². The summed E-state index contributed by atoms with van der Waals surface area (Å²) >= 11 is 0. The number of fused-ring (bicyclic) bond motifs is 1. The Hall–Kier alpha value is -2.74. The lowest BCUT2D eigenvalue weighted by Gasteiger charge is -2.13. The second-order valence-electron chi connectivity index (χ2n) is 6.23. The largest absolute Gasteiger partial charge is 0.378 e. The monoisotopic (exact) mass is 343 g/mol. The van der Waals surface area contributed by atoms with Crippen LogP contribution in [-0.2, 0) is 9.53 Å². The summed E-state index contributed by atoms with van der Waals surface area (Å²) in [6.07, 6.45) is 0.611. The topological polar surface area (TPSA) is 84.8 Å². The average Bonchev–Trinajstić information content (AvgIpc) is 3.27. The average molecular weight is 343 g/mol. The van der Waals surface area contributed by atoms with Gasteiger partial charge in [0.15, 0.2) is 5.65 Å². The number of carbonyl (C=O) groups is 1. The summed E-state index contributed by atoms with van der Waals surface area (Å²) in [6.45, 7) is 4.34. The number of aryl methyl sites for hydroxylation is 1. The predicted octanol–water partition coefficient (Wildman–Crippen LogP) is 2.56. The fraction of sp³-hybridized carbons (Fsp3) is 0.353. The Morgan fingerprint density at radius 2 is 2.16 bits per heavy atom. The van der Waals surface area contributed by atoms with Crippen LogP contribution in [0.3, 0.4) is 0 Å². The third-order valence-electron chi connectivity index (χ3n) is 4.59. The van der Waals surface area contributed by atoms with Gasteiger partial charge in [0.2, 0.25) is 5.91 Å². The number of carbonyl (C=O) groups excluding carboxylic acids is 1. The molecule has 1 aliphatic rings. The summed E-state index contributed by atoms with van der Waals surface area (Å²) in [5, 5.41) is 15.2. The molecule has 0 saturated carbocycles. The molecule has 8 heteroatoms. The van der Waals surface area contributed by atoms with Gasteiger partial charge in [0.25, 0.3) is 0 Å². The van der Waals surface area contributed by atoms with Crippen molar-refractivity contribution in [3.63, 3.8) is 0 Å². The summed E-state index contributed by atoms with van der Waals surface area (Å²) in [5.41, 5.74) is 2.00. The third kappa shape index (κ3) is 2.68. The fourth-order valence-corrected chi connectivity index (χ4v) is 3.22. The maximum Gasteiger partial charge on any atom is 0.231 e. The van der Waals surface area contributed by atoms with Crippen molar-refractivity contribution in [1.29, 1.82) is 0 Å². The van der Waals surface area contributed by atoms with Gasteiger partial charge >= 0.3 is 0 Å². The molecular weight excluding hydrogens is 325 g/mol. The molecule has 0 radical (unpaired) electrons. The Morgan fingerprint density at radius 1 is 1.40 bits per heavy atom. The molecule has 3 aromatic rings. The molecule has 1 saturated heterocycles. The Labute approximate surface area is 143 Å². The van der Waals surface area contributed by atoms with Gasteiger partial charge in [-0.15, -0.1) is 0 Å². The van der Waals surface area contributed by atoms with Gasteiger partial charge in [0.1, 0.15) is 11.6 Å². The molecule has 4 rings (SSSR count). The van der Waals surface area contributed by atoms with Crippen LogP contribution in [0, 0.1) is 18.7 Å². The Balaban J connectivity index is 1.68. The number of hydrogen-bond donors (Lipinski definition) is 2. The molecule has 0 bridgehead atoms. The number of aromatic nitrogens is 4. The first kappa shape index (κ1) is 15.8. The maximum atomic E-state index is 13.1. The molecule has 1 aliphatic heterocycles. The standard InChI is InChI=1S/C17H18FN5O2/c1-9-14-15(19-17(24)13-7-8-25-10(13)2)20-21-16(14)23(22-9)12-5-3-11(18)4-6-12/h3-6,10,13H,7-8H2,1-2H3,(H2,19,20,21,24)/t10-,13+/m1/s1. The van der Waals surface area contributed by atoms with E-state index in [-0.39, 0.29) is 23.7 Å². The van der Waals surface area contributed by atoms with E-state index in [1.54, 1.807) is 16.8 Å². The summed E-state index contributed by atoms with van der Waals surface area (Å²) in [7, 11) is 0. The molecule has 0 aliphatic carbocycles. The van der Waals surface area contributed by atoms with Crippen molar-refractivity contribution in [2.75, 3.05) is 11.9 Å². The van der Waals surface area contributed by atoms with Crippen molar-refractivity contribution < 1.29 is 13.9 Å². The quantitative estimate of drug-likeness (QED) is 0.765. The molecular formula is C17H18FN5O2. The van der Waals surface area contributed by atoms with E-state index in [4.69, 9.17) is 4.74 Å². The SMILES string of the molecule is Cc1nn(-c2ccc(F)cc2)c2n[nH]c(NC(=O)[C@H]3CCO[C@@H]3C)c12. The van der Waals surface area contributed by atoms with Crippen molar-refractivity contribution in [2.45, 2.75) is 26.4 Å². The van der Waals surface area contributed by atoms with Crippen molar-refractivity contribution in [1.82, 2.24) is 20.0 Å². The molecule has 25 heavy (non-hydrogen) atoms. The van der Waals surface area contributed by atoms with E-state index in [1.165, 1.54) is 12.1 Å². The van der Waals surface area contributed by atoms with Gasteiger partial charge in [0, 0.05) is 6.61 Å². The zero-order valence-electron chi connectivity index (χ0n) is 13.9. The molecule has 1 fully saturated rings. The van der Waals surface area contributed by atoms with Crippen molar-refractivity contribution in [3.05, 3.63) is 35.8 Å². The smallest absolute Gasteiger partial charge is 0.231 e. The molecule has 0 spiro atoms. The number of H-pyrrole nitrogens is 1. The summed E-state index contributed by atoms with van der Waals surface area (Å²) in [6, 6.07) is 6.00. The highest BCUT2D eigenvalue weighted by Crippen LogP contribution is 2.28. The maximum absolute atomic E-state index is 13.1. The number of rotatable bonds is 3. The van der Waals surface area contributed by atoms with Gasteiger partial charge in [-0.3, -0.25) is 9.89 Å². The number of nitrogens with zero attached hydrogens (tertiary/aromatic N) is 3. The third-order valence-corrected chi connectivity index (χ3v) is 4.59. The molecule has 7 nitrogen and oxygen atoms in total. The van der Waals surface area contributed by atoms with Gasteiger partial charge in [-0.1, -0.05) is 0 Å². The summed E-state index contributed by atoms with van der Waals surface area (Å²) < 4.78 is 20.2. The minimum atomic E-state index is -0.313. The number of aromatic amines is 1. The Kier molecular flexibility index (Phi) is 3.76. The first-order valence-electron chi connectivity index (χ1n) is 8.16. The molecule has 1 amide bonds. The number of hydrogen-bond acceptors (Lipinski definition) is 4. The molecule has 3 heterocycles. The minimum Gasteiger partial charge on any atom is -0.378 e. The van der Waals surface area contributed by atoms with Crippen LogP contribution in [0.5, 0.6) is 0 Å². The van der Waals surface area contributed by atoms with E-state index in [2.05, 4.69) is 20.6 Å². The Bertz CT molecular complexity index is 931. The van der Waals surface area contributed by atoms with Crippen molar-refractivity contribution in [3.8, 4) is 5.69 Å². The zero-order chi connectivity index (χ0) is 17.6. The number of halogens is 1. The lowest BCUT2D eigenvalue weighted by atomic mass is 10.0. The van der Waals surface area contributed by atoms with E-state index >= 15 is 0 Å². The van der Waals surface area contributed by atoms with Crippen LogP contribution in [0.15, 0.2) is 24.3 Å². The molecule has 2 N–H and O–H groups in total. The number of benzene rings is 1. The number of nitrogens with one attached hydrogen (secondary N) is 2. The van der Waals surface area contributed by atoms with Crippen LogP contribution in [0.4, 0.5) is 10.2 Å². The molecule has 0 unspecified atom stereocenters. The van der Waals surface area contributed by atoms with E-state index < -0.39 is 0 Å². The highest BCUT2D eigenvalue weighted by Gasteiger charge is 2.31. The van der Waals surface area contributed by atoms with Gasteiger partial charge in [0.05, 0.1) is 28.8 Å². The lowest BCUT2D eigenvalue weighted by Crippen LogP contribution is -2.28. The zero-order valence-corrected chi connectivity index (χ0v) is 13.9. The van der Waals surface area contributed by atoms with Crippen LogP contribution in [0.1, 0.15) is 19.0 Å². The molecule has 2 atom stereocenters. The van der Waals surface area contributed by atoms with Crippen LogP contribution >= 0.6 is 0 Å². The number of anilines is 1. The van der Waals surface area contributed by atoms with Crippen LogP contribution in [0.25, 0.3) is 16.7 Å². The van der Waals surface area contributed by atoms with Crippen molar-refractivity contribution >= 4 is 22.8 Å². The van der Waals surface area contributed by atoms with Gasteiger partial charge in [-0.2, -0.15) is 10.2 Å². The number of ether oxygens (including phenoxy) is 1. The second-order valence-corrected chi connectivity index (χ2v) is 6.23. The van der Waals surface area contributed by atoms with E-state index in [9.17, 15) is 9.18 Å². The van der Waals surface area contributed by atoms with Gasteiger partial charge in [-0.05, 0) is 44.5 Å². The highest BCUT2D eigenvalue weighted by atomic mass is 19.1. The normalized spacial score (nSPS) is 20.3. The molecule has 2 aromatic heterocycles. The predicted molar refractivity (Wildman–Crippen MR) is 90.1 cm³/mol. The molecule has 1 aromatic carbocycles. The van der Waals surface area contributed by atoms with Gasteiger partial charge < -0.3 is 10.1 Å². The van der Waals surface area contributed by atoms with E-state index in [0.29, 0.717) is 30.2 Å². The first-order chi connectivity index (χ1) is 12.0. The van der Waals surface area contributed by atoms with E-state index in [0.717, 1.165) is 11.1 Å². The van der Waals surface area contributed by atoms with Crippen LogP contribution < -0.4 is 5.32 Å². The summed E-state index contributed by atoms with van der Waals surface area (Å²) in [5.74, 6) is -0.0630. The fourth-order valence-electron chi connectivity index (χ4n) is 3.22. The van der Waals surface area contributed by atoms with Crippen LogP contribution in [0.2, 0.25) is 0 Å². The number of amides is 1. The highest BCUT2D eigenvalue weighted by molar-refractivity contribution is 6.01. The second kappa shape index (κ2) is 5.96. The Morgan fingerprint density at radius 3 is 2.84 bits per heavy atom. The van der Waals surface area contributed by atoms with Crippen molar-refractivity contribution in [2.24, 2.45) is 5.92 Å². The van der Waals surface area contributed by atoms with E-state index in [1.807, 2.05) is 13.8 Å².